The van der Waals surface area contributed by atoms with Crippen molar-refractivity contribution in [3.63, 3.8) is 0 Å². The van der Waals surface area contributed by atoms with Gasteiger partial charge in [-0.1, -0.05) is 11.6 Å². The standard InChI is InChI=1S/C11H10ClN3O/c1-16-10-8(4-5-14-11(10)13)9-3-2-7(12)6-15-9/h2-6H,1H3,(H2,13,14). The number of methoxy groups -OCH3 is 1. The van der Waals surface area contributed by atoms with Crippen molar-refractivity contribution in [2.45, 2.75) is 0 Å². The molecule has 2 aromatic rings. The summed E-state index contributed by atoms with van der Waals surface area (Å²) in [6.45, 7) is 0. The van der Waals surface area contributed by atoms with Crippen LogP contribution >= 0.6 is 11.6 Å². The third-order valence-electron chi connectivity index (χ3n) is 2.14. The maximum atomic E-state index is 5.77. The van der Waals surface area contributed by atoms with Gasteiger partial charge >= 0.3 is 0 Å². The summed E-state index contributed by atoms with van der Waals surface area (Å²) in [7, 11) is 1.55. The van der Waals surface area contributed by atoms with Gasteiger partial charge < -0.3 is 10.5 Å². The van der Waals surface area contributed by atoms with Crippen molar-refractivity contribution in [3.8, 4) is 17.0 Å². The minimum absolute atomic E-state index is 0.344. The van der Waals surface area contributed by atoms with Crippen LogP contribution in [0.2, 0.25) is 5.02 Å². The van der Waals surface area contributed by atoms with E-state index in [0.29, 0.717) is 16.6 Å². The van der Waals surface area contributed by atoms with E-state index < -0.39 is 0 Å². The van der Waals surface area contributed by atoms with E-state index in [1.54, 1.807) is 37.7 Å². The first-order chi connectivity index (χ1) is 7.72. The Bertz CT molecular complexity index is 499. The van der Waals surface area contributed by atoms with Gasteiger partial charge in [-0.2, -0.15) is 0 Å². The van der Waals surface area contributed by atoms with Crippen molar-refractivity contribution >= 4 is 17.4 Å². The molecule has 0 atom stereocenters. The SMILES string of the molecule is COc1c(-c2ccc(Cl)cn2)ccnc1N. The summed E-state index contributed by atoms with van der Waals surface area (Å²) in [5.74, 6) is 0.870. The Labute approximate surface area is 98.0 Å². The predicted molar refractivity (Wildman–Crippen MR) is 63.4 cm³/mol. The van der Waals surface area contributed by atoms with Gasteiger partial charge in [-0.15, -0.1) is 0 Å². The largest absolute Gasteiger partial charge is 0.492 e. The number of nitrogens with zero attached hydrogens (tertiary/aromatic N) is 2. The Kier molecular flexibility index (Phi) is 2.92. The first-order valence-electron chi connectivity index (χ1n) is 4.63. The molecule has 0 fully saturated rings. The van der Waals surface area contributed by atoms with Crippen LogP contribution < -0.4 is 10.5 Å². The molecule has 2 rings (SSSR count). The second-order valence-electron chi connectivity index (χ2n) is 3.14. The van der Waals surface area contributed by atoms with Crippen LogP contribution in [0, 0.1) is 0 Å². The number of halogens is 1. The minimum atomic E-state index is 0.344. The topological polar surface area (TPSA) is 61.0 Å². The lowest BCUT2D eigenvalue weighted by molar-refractivity contribution is 0.417. The quantitative estimate of drug-likeness (QED) is 0.868. The van der Waals surface area contributed by atoms with E-state index in [0.717, 1.165) is 11.3 Å². The summed E-state index contributed by atoms with van der Waals surface area (Å²) < 4.78 is 5.20. The molecule has 0 aliphatic heterocycles. The minimum Gasteiger partial charge on any atom is -0.492 e. The van der Waals surface area contributed by atoms with Gasteiger partial charge in [0, 0.05) is 18.0 Å². The van der Waals surface area contributed by atoms with Gasteiger partial charge in [0.05, 0.1) is 17.8 Å². The van der Waals surface area contributed by atoms with Gasteiger partial charge in [-0.05, 0) is 18.2 Å². The van der Waals surface area contributed by atoms with Crippen molar-refractivity contribution < 1.29 is 4.74 Å². The zero-order valence-electron chi connectivity index (χ0n) is 8.64. The van der Waals surface area contributed by atoms with Crippen LogP contribution in [0.4, 0.5) is 5.82 Å². The Balaban J connectivity index is 2.55. The van der Waals surface area contributed by atoms with Gasteiger partial charge in [0.25, 0.3) is 0 Å². The summed E-state index contributed by atoms with van der Waals surface area (Å²) in [4.78, 5) is 8.16. The molecule has 2 aromatic heterocycles. The fourth-order valence-corrected chi connectivity index (χ4v) is 1.53. The van der Waals surface area contributed by atoms with Gasteiger partial charge in [-0.25, -0.2) is 4.98 Å². The average Bonchev–Trinajstić information content (AvgIpc) is 2.30. The highest BCUT2D eigenvalue weighted by atomic mass is 35.5. The van der Waals surface area contributed by atoms with Crippen LogP contribution in [0.15, 0.2) is 30.6 Å². The Hall–Kier alpha value is -1.81. The molecule has 4 nitrogen and oxygen atoms in total. The molecule has 0 unspecified atom stereocenters. The molecule has 5 heteroatoms. The van der Waals surface area contributed by atoms with E-state index in [2.05, 4.69) is 9.97 Å². The first-order valence-corrected chi connectivity index (χ1v) is 5.00. The van der Waals surface area contributed by atoms with Crippen LogP contribution in [-0.4, -0.2) is 17.1 Å². The molecule has 0 spiro atoms. The molecule has 0 aliphatic carbocycles. The molecular weight excluding hydrogens is 226 g/mol. The van der Waals surface area contributed by atoms with Gasteiger partial charge in [0.15, 0.2) is 11.6 Å². The molecule has 82 valence electrons. The van der Waals surface area contributed by atoms with E-state index >= 15 is 0 Å². The average molecular weight is 236 g/mol. The summed E-state index contributed by atoms with van der Waals surface area (Å²) >= 11 is 5.77. The Morgan fingerprint density at radius 2 is 2.06 bits per heavy atom. The zero-order valence-corrected chi connectivity index (χ0v) is 9.40. The smallest absolute Gasteiger partial charge is 0.170 e. The molecule has 16 heavy (non-hydrogen) atoms. The summed E-state index contributed by atoms with van der Waals surface area (Å²) in [5.41, 5.74) is 7.25. The summed E-state index contributed by atoms with van der Waals surface area (Å²) in [5, 5.41) is 0.588. The molecule has 0 bridgehead atoms. The van der Waals surface area contributed by atoms with Gasteiger partial charge in [0.1, 0.15) is 0 Å². The Morgan fingerprint density at radius 1 is 1.25 bits per heavy atom. The maximum absolute atomic E-state index is 5.77. The predicted octanol–water partition coefficient (Wildman–Crippen LogP) is 2.39. The van der Waals surface area contributed by atoms with E-state index in [4.69, 9.17) is 22.1 Å². The second-order valence-corrected chi connectivity index (χ2v) is 3.58. The van der Waals surface area contributed by atoms with Crippen molar-refractivity contribution in [2.24, 2.45) is 0 Å². The maximum Gasteiger partial charge on any atom is 0.170 e. The fourth-order valence-electron chi connectivity index (χ4n) is 1.42. The van der Waals surface area contributed by atoms with Gasteiger partial charge in [-0.3, -0.25) is 4.98 Å². The first kappa shape index (κ1) is 10.7. The number of anilines is 1. The number of hydrogen-bond acceptors (Lipinski definition) is 4. The van der Waals surface area contributed by atoms with E-state index in [1.165, 1.54) is 0 Å². The number of pyridine rings is 2. The third-order valence-corrected chi connectivity index (χ3v) is 2.36. The molecular formula is C11H10ClN3O. The number of ether oxygens (including phenoxy) is 1. The van der Waals surface area contributed by atoms with Crippen molar-refractivity contribution in [1.82, 2.24) is 9.97 Å². The lowest BCUT2D eigenvalue weighted by Gasteiger charge is -2.09. The highest BCUT2D eigenvalue weighted by Crippen LogP contribution is 2.32. The number of rotatable bonds is 2. The van der Waals surface area contributed by atoms with Crippen molar-refractivity contribution in [1.29, 1.82) is 0 Å². The number of nitrogen functional groups attached to an aromatic ring is 1. The zero-order chi connectivity index (χ0) is 11.5. The van der Waals surface area contributed by atoms with Crippen LogP contribution in [0.3, 0.4) is 0 Å². The summed E-state index contributed by atoms with van der Waals surface area (Å²) in [6, 6.07) is 5.37. The monoisotopic (exact) mass is 235 g/mol. The number of nitrogens with two attached hydrogens (primary N) is 1. The summed E-state index contributed by atoms with van der Waals surface area (Å²) in [6.07, 6.45) is 3.19. The molecule has 0 aromatic carbocycles. The second kappa shape index (κ2) is 4.37. The molecule has 0 saturated heterocycles. The van der Waals surface area contributed by atoms with E-state index in [9.17, 15) is 0 Å². The third kappa shape index (κ3) is 1.92. The molecule has 0 radical (unpaired) electrons. The van der Waals surface area contributed by atoms with E-state index in [1.807, 2.05) is 0 Å². The van der Waals surface area contributed by atoms with Crippen molar-refractivity contribution in [2.75, 3.05) is 12.8 Å². The van der Waals surface area contributed by atoms with Gasteiger partial charge in [0.2, 0.25) is 0 Å². The molecule has 2 N–H and O–H groups in total. The van der Waals surface area contributed by atoms with Crippen LogP contribution in [0.5, 0.6) is 5.75 Å². The molecule has 0 amide bonds. The molecule has 2 heterocycles. The highest BCUT2D eigenvalue weighted by Gasteiger charge is 2.10. The Morgan fingerprint density at radius 3 is 2.69 bits per heavy atom. The van der Waals surface area contributed by atoms with Crippen molar-refractivity contribution in [3.05, 3.63) is 35.6 Å². The number of aromatic nitrogens is 2. The van der Waals surface area contributed by atoms with Crippen LogP contribution in [-0.2, 0) is 0 Å². The van der Waals surface area contributed by atoms with E-state index in [-0.39, 0.29) is 0 Å². The van der Waals surface area contributed by atoms with Crippen LogP contribution in [0.1, 0.15) is 0 Å². The molecule has 0 saturated carbocycles. The van der Waals surface area contributed by atoms with Crippen LogP contribution in [0.25, 0.3) is 11.3 Å². The highest BCUT2D eigenvalue weighted by molar-refractivity contribution is 6.30. The lowest BCUT2D eigenvalue weighted by atomic mass is 10.1. The lowest BCUT2D eigenvalue weighted by Crippen LogP contribution is -1.98. The number of hydrogen-bond donors (Lipinski definition) is 1. The molecule has 0 aliphatic rings. The fraction of sp³-hybridized carbons (Fsp3) is 0.0909. The normalized spacial score (nSPS) is 10.1.